The molecule has 2 amide bonds. The maximum atomic E-state index is 12.9. The second-order valence-electron chi connectivity index (χ2n) is 7.85. The number of nitrogens with one attached hydrogen (secondary N) is 1. The number of hydrogen-bond donors (Lipinski definition) is 1. The molecule has 0 saturated heterocycles. The molecule has 0 aliphatic rings. The van der Waals surface area contributed by atoms with Gasteiger partial charge in [0.05, 0.1) is 6.61 Å². The summed E-state index contributed by atoms with van der Waals surface area (Å²) < 4.78 is 5.73. The fourth-order valence-corrected chi connectivity index (χ4v) is 3.53. The summed E-state index contributed by atoms with van der Waals surface area (Å²) in [7, 11) is 0. The Morgan fingerprint density at radius 2 is 1.45 bits per heavy atom. The van der Waals surface area contributed by atoms with Crippen LogP contribution in [0.3, 0.4) is 0 Å². The van der Waals surface area contributed by atoms with Crippen molar-refractivity contribution in [2.24, 2.45) is 0 Å². The van der Waals surface area contributed by atoms with Crippen LogP contribution in [-0.2, 0) is 0 Å². The zero-order chi connectivity index (χ0) is 23.5. The third-order valence-electron chi connectivity index (χ3n) is 5.40. The molecule has 1 N–H and O–H groups in total. The fraction of sp³-hybridized carbons (Fsp3) is 0.286. The van der Waals surface area contributed by atoms with Crippen molar-refractivity contribution in [3.63, 3.8) is 0 Å². The van der Waals surface area contributed by atoms with Crippen LogP contribution in [0.4, 0.5) is 11.4 Å². The number of rotatable bonds is 11. The average molecular weight is 445 g/mol. The summed E-state index contributed by atoms with van der Waals surface area (Å²) in [4.78, 5) is 27.2. The highest BCUT2D eigenvalue weighted by molar-refractivity contribution is 6.07. The van der Waals surface area contributed by atoms with E-state index in [-0.39, 0.29) is 11.8 Å². The Kier molecular flexibility index (Phi) is 9.07. The summed E-state index contributed by atoms with van der Waals surface area (Å²) in [6, 6.07) is 23.7. The monoisotopic (exact) mass is 444 g/mol. The van der Waals surface area contributed by atoms with Gasteiger partial charge in [-0.2, -0.15) is 0 Å². The molecule has 172 valence electrons. The van der Waals surface area contributed by atoms with Crippen LogP contribution < -0.4 is 15.0 Å². The van der Waals surface area contributed by atoms with Crippen LogP contribution in [0.5, 0.6) is 5.75 Å². The van der Waals surface area contributed by atoms with E-state index in [4.69, 9.17) is 4.74 Å². The molecule has 0 saturated carbocycles. The SMILES string of the molecule is CCCCCCOc1ccc(C(=O)Nc2ccc(C(=O)N(CC)c3ccccc3)cc2)cc1. The van der Waals surface area contributed by atoms with Gasteiger partial charge in [-0.3, -0.25) is 9.59 Å². The molecule has 0 aromatic heterocycles. The molecule has 0 bridgehead atoms. The van der Waals surface area contributed by atoms with Gasteiger partial charge in [-0.05, 0) is 74.0 Å². The van der Waals surface area contributed by atoms with Gasteiger partial charge in [0.1, 0.15) is 5.75 Å². The maximum absolute atomic E-state index is 12.9. The molecule has 0 aliphatic heterocycles. The Balaban J connectivity index is 1.56. The molecule has 5 nitrogen and oxygen atoms in total. The molecule has 0 fully saturated rings. The lowest BCUT2D eigenvalue weighted by molar-refractivity contribution is 0.0987. The predicted octanol–water partition coefficient (Wildman–Crippen LogP) is 6.56. The van der Waals surface area contributed by atoms with E-state index in [0.29, 0.717) is 30.0 Å². The molecule has 0 radical (unpaired) electrons. The second-order valence-corrected chi connectivity index (χ2v) is 7.85. The first-order chi connectivity index (χ1) is 16.1. The van der Waals surface area contributed by atoms with E-state index in [2.05, 4.69) is 12.2 Å². The number of ether oxygens (including phenoxy) is 1. The third-order valence-corrected chi connectivity index (χ3v) is 5.40. The lowest BCUT2D eigenvalue weighted by Crippen LogP contribution is -2.30. The highest BCUT2D eigenvalue weighted by Gasteiger charge is 2.16. The summed E-state index contributed by atoms with van der Waals surface area (Å²) in [5.74, 6) is 0.486. The van der Waals surface area contributed by atoms with Gasteiger partial charge in [0, 0.05) is 29.0 Å². The van der Waals surface area contributed by atoms with Gasteiger partial charge in [-0.25, -0.2) is 0 Å². The summed E-state index contributed by atoms with van der Waals surface area (Å²) in [6.07, 6.45) is 4.63. The lowest BCUT2D eigenvalue weighted by Gasteiger charge is -2.21. The number of benzene rings is 3. The zero-order valence-corrected chi connectivity index (χ0v) is 19.4. The van der Waals surface area contributed by atoms with Crippen molar-refractivity contribution in [3.8, 4) is 5.75 Å². The Hall–Kier alpha value is -3.60. The molecule has 3 rings (SSSR count). The van der Waals surface area contributed by atoms with E-state index in [0.717, 1.165) is 17.9 Å². The van der Waals surface area contributed by atoms with Crippen molar-refractivity contribution in [1.82, 2.24) is 0 Å². The van der Waals surface area contributed by atoms with E-state index >= 15 is 0 Å². The lowest BCUT2D eigenvalue weighted by atomic mass is 10.1. The van der Waals surface area contributed by atoms with Gasteiger partial charge in [0.25, 0.3) is 11.8 Å². The number of nitrogens with zero attached hydrogens (tertiary/aromatic N) is 1. The highest BCUT2D eigenvalue weighted by atomic mass is 16.5. The molecule has 5 heteroatoms. The molecule has 0 aliphatic carbocycles. The first-order valence-electron chi connectivity index (χ1n) is 11.6. The molecule has 0 atom stereocenters. The Morgan fingerprint density at radius 3 is 2.09 bits per heavy atom. The van der Waals surface area contributed by atoms with E-state index in [9.17, 15) is 9.59 Å². The van der Waals surface area contributed by atoms with Crippen LogP contribution >= 0.6 is 0 Å². The number of unbranched alkanes of at least 4 members (excludes halogenated alkanes) is 3. The summed E-state index contributed by atoms with van der Waals surface area (Å²) in [5.41, 5.74) is 2.61. The molecular formula is C28H32N2O3. The average Bonchev–Trinajstić information content (AvgIpc) is 2.86. The van der Waals surface area contributed by atoms with Crippen molar-refractivity contribution in [2.45, 2.75) is 39.5 Å². The Labute approximate surface area is 196 Å². The van der Waals surface area contributed by atoms with Crippen molar-refractivity contribution in [1.29, 1.82) is 0 Å². The number of para-hydroxylation sites is 1. The number of anilines is 2. The Morgan fingerprint density at radius 1 is 0.788 bits per heavy atom. The van der Waals surface area contributed by atoms with Crippen molar-refractivity contribution >= 4 is 23.2 Å². The molecule has 3 aromatic carbocycles. The summed E-state index contributed by atoms with van der Waals surface area (Å²) >= 11 is 0. The van der Waals surface area contributed by atoms with E-state index < -0.39 is 0 Å². The van der Waals surface area contributed by atoms with Crippen LogP contribution in [0.1, 0.15) is 60.2 Å². The summed E-state index contributed by atoms with van der Waals surface area (Å²) in [5, 5.41) is 2.88. The highest BCUT2D eigenvalue weighted by Crippen LogP contribution is 2.19. The molecule has 0 heterocycles. The van der Waals surface area contributed by atoms with Crippen LogP contribution in [-0.4, -0.2) is 25.0 Å². The van der Waals surface area contributed by atoms with Gasteiger partial charge in [-0.1, -0.05) is 44.4 Å². The quantitative estimate of drug-likeness (QED) is 0.341. The zero-order valence-electron chi connectivity index (χ0n) is 19.4. The number of carbonyl (C=O) groups is 2. The van der Waals surface area contributed by atoms with Crippen LogP contribution in [0.15, 0.2) is 78.9 Å². The van der Waals surface area contributed by atoms with Crippen LogP contribution in [0, 0.1) is 0 Å². The number of amides is 2. The second kappa shape index (κ2) is 12.4. The first-order valence-corrected chi connectivity index (χ1v) is 11.6. The predicted molar refractivity (Wildman–Crippen MR) is 134 cm³/mol. The molecular weight excluding hydrogens is 412 g/mol. The summed E-state index contributed by atoms with van der Waals surface area (Å²) in [6.45, 7) is 5.39. The van der Waals surface area contributed by atoms with Gasteiger partial charge < -0.3 is 15.0 Å². The van der Waals surface area contributed by atoms with Crippen LogP contribution in [0.25, 0.3) is 0 Å². The molecule has 33 heavy (non-hydrogen) atoms. The molecule has 0 unspecified atom stereocenters. The van der Waals surface area contributed by atoms with Gasteiger partial charge >= 0.3 is 0 Å². The van der Waals surface area contributed by atoms with E-state index in [1.54, 1.807) is 41.3 Å². The number of carbonyl (C=O) groups excluding carboxylic acids is 2. The third kappa shape index (κ3) is 6.94. The normalized spacial score (nSPS) is 10.5. The van der Waals surface area contributed by atoms with Crippen molar-refractivity contribution in [3.05, 3.63) is 90.0 Å². The topological polar surface area (TPSA) is 58.6 Å². The minimum atomic E-state index is -0.206. The van der Waals surface area contributed by atoms with Crippen molar-refractivity contribution in [2.75, 3.05) is 23.4 Å². The smallest absolute Gasteiger partial charge is 0.258 e. The first kappa shape index (κ1) is 24.1. The van der Waals surface area contributed by atoms with E-state index in [1.165, 1.54) is 19.3 Å². The fourth-order valence-electron chi connectivity index (χ4n) is 3.53. The number of hydrogen-bond acceptors (Lipinski definition) is 3. The molecule has 0 spiro atoms. The van der Waals surface area contributed by atoms with Crippen molar-refractivity contribution < 1.29 is 14.3 Å². The van der Waals surface area contributed by atoms with E-state index in [1.807, 2.05) is 49.4 Å². The minimum absolute atomic E-state index is 0.0770. The largest absolute Gasteiger partial charge is 0.494 e. The molecule has 3 aromatic rings. The minimum Gasteiger partial charge on any atom is -0.494 e. The Bertz CT molecular complexity index is 1020. The van der Waals surface area contributed by atoms with Gasteiger partial charge in [0.2, 0.25) is 0 Å². The van der Waals surface area contributed by atoms with Gasteiger partial charge in [-0.15, -0.1) is 0 Å². The standard InChI is InChI=1S/C28H32N2O3/c1-3-5-6-10-21-33-26-19-15-22(16-20-26)27(31)29-24-17-13-23(14-18-24)28(32)30(4-2)25-11-8-7-9-12-25/h7-9,11-20H,3-6,10,21H2,1-2H3,(H,29,31). The maximum Gasteiger partial charge on any atom is 0.258 e. The van der Waals surface area contributed by atoms with Crippen LogP contribution in [0.2, 0.25) is 0 Å². The van der Waals surface area contributed by atoms with Gasteiger partial charge in [0.15, 0.2) is 0 Å².